The van der Waals surface area contributed by atoms with Crippen LogP contribution in [0.5, 0.6) is 11.5 Å². The number of rotatable bonds is 2. The number of carbonyl (C=O) groups is 1. The maximum Gasteiger partial charge on any atom is 0.322 e. The zero-order valence-electron chi connectivity index (χ0n) is 13.3. The van der Waals surface area contributed by atoms with Crippen LogP contribution in [0.4, 0.5) is 19.3 Å². The zero-order chi connectivity index (χ0) is 17.4. The molecule has 1 N–H and O–H groups in total. The van der Waals surface area contributed by atoms with Gasteiger partial charge in [-0.2, -0.15) is 0 Å². The van der Waals surface area contributed by atoms with Crippen molar-refractivity contribution in [1.29, 1.82) is 0 Å². The molecule has 0 unspecified atom stereocenters. The largest absolute Gasteiger partial charge is 0.454 e. The molecule has 0 spiro atoms. The van der Waals surface area contributed by atoms with E-state index >= 15 is 0 Å². The molecule has 0 aromatic heterocycles. The summed E-state index contributed by atoms with van der Waals surface area (Å²) in [5, 5.41) is 2.33. The third-order valence-corrected chi connectivity index (χ3v) is 4.54. The molecule has 4 rings (SSSR count). The summed E-state index contributed by atoms with van der Waals surface area (Å²) >= 11 is 0. The molecule has 7 heteroatoms. The molecule has 2 aliphatic rings. The van der Waals surface area contributed by atoms with E-state index in [4.69, 9.17) is 9.47 Å². The molecule has 2 heterocycles. The Labute approximate surface area is 143 Å². The van der Waals surface area contributed by atoms with Gasteiger partial charge < -0.3 is 19.7 Å². The number of para-hydroxylation sites is 1. The highest BCUT2D eigenvalue weighted by Crippen LogP contribution is 2.37. The molecule has 2 aromatic carbocycles. The lowest BCUT2D eigenvalue weighted by atomic mass is 9.98. The number of ether oxygens (including phenoxy) is 2. The molecular formula is C18H16F2N2O3. The molecule has 5 nitrogen and oxygen atoms in total. The summed E-state index contributed by atoms with van der Waals surface area (Å²) < 4.78 is 38.0. The molecule has 1 fully saturated rings. The maximum absolute atomic E-state index is 13.7. The number of nitrogens with one attached hydrogen (secondary N) is 1. The average Bonchev–Trinajstić information content (AvgIpc) is 3.26. The lowest BCUT2D eigenvalue weighted by molar-refractivity contribution is 0.174. The van der Waals surface area contributed by atoms with Gasteiger partial charge in [-0.25, -0.2) is 13.6 Å². The summed E-state index contributed by atoms with van der Waals surface area (Å²) in [5.41, 5.74) is 0.635. The van der Waals surface area contributed by atoms with E-state index in [9.17, 15) is 13.6 Å². The van der Waals surface area contributed by atoms with Gasteiger partial charge in [0, 0.05) is 19.0 Å². The number of nitrogens with zero attached hydrogens (tertiary/aromatic N) is 1. The number of hydrogen-bond acceptors (Lipinski definition) is 3. The highest BCUT2D eigenvalue weighted by atomic mass is 19.1. The Balaban J connectivity index is 1.44. The van der Waals surface area contributed by atoms with Gasteiger partial charge in [0.05, 0.1) is 0 Å². The quantitative estimate of drug-likeness (QED) is 0.902. The summed E-state index contributed by atoms with van der Waals surface area (Å²) in [6.07, 6.45) is 0.771. The summed E-state index contributed by atoms with van der Waals surface area (Å²) in [4.78, 5) is 13.9. The second kappa shape index (κ2) is 6.23. The average molecular weight is 346 g/mol. The second-order valence-corrected chi connectivity index (χ2v) is 6.07. The van der Waals surface area contributed by atoms with E-state index in [1.165, 1.54) is 6.07 Å². The SMILES string of the molecule is O=C(Nc1c(F)cccc1F)N1CC[C@H](c2ccc3c(c2)OCO3)C1. The standard InChI is InChI=1S/C18H16F2N2O3/c19-13-2-1-3-14(20)17(13)21-18(23)22-7-6-12(9-22)11-4-5-15-16(8-11)25-10-24-15/h1-5,8,12H,6-7,9-10H2,(H,21,23)/t12-/m0/s1. The lowest BCUT2D eigenvalue weighted by Crippen LogP contribution is -2.33. The molecular weight excluding hydrogens is 330 g/mol. The van der Waals surface area contributed by atoms with Gasteiger partial charge in [-0.05, 0) is 36.2 Å². The van der Waals surface area contributed by atoms with Crippen LogP contribution in [0, 0.1) is 11.6 Å². The van der Waals surface area contributed by atoms with Gasteiger partial charge in [0.25, 0.3) is 0 Å². The molecule has 1 saturated heterocycles. The lowest BCUT2D eigenvalue weighted by Gasteiger charge is -2.18. The first-order valence-corrected chi connectivity index (χ1v) is 8.01. The fourth-order valence-electron chi connectivity index (χ4n) is 3.19. The Morgan fingerprint density at radius 3 is 2.68 bits per heavy atom. The minimum atomic E-state index is -0.792. The normalized spacial score (nSPS) is 18.5. The Bertz CT molecular complexity index is 808. The summed E-state index contributed by atoms with van der Waals surface area (Å²) in [5.74, 6) is -0.0225. The summed E-state index contributed by atoms with van der Waals surface area (Å²) in [6, 6.07) is 8.70. The molecule has 0 aliphatic carbocycles. The van der Waals surface area contributed by atoms with Crippen LogP contribution >= 0.6 is 0 Å². The predicted molar refractivity (Wildman–Crippen MR) is 86.9 cm³/mol. The van der Waals surface area contributed by atoms with Crippen LogP contribution in [0.25, 0.3) is 0 Å². The molecule has 2 aliphatic heterocycles. The molecule has 0 radical (unpaired) electrons. The van der Waals surface area contributed by atoms with Crippen molar-refractivity contribution in [3.05, 3.63) is 53.6 Å². The topological polar surface area (TPSA) is 50.8 Å². The van der Waals surface area contributed by atoms with Crippen molar-refractivity contribution in [3.8, 4) is 11.5 Å². The van der Waals surface area contributed by atoms with Crippen LogP contribution in [0.3, 0.4) is 0 Å². The number of hydrogen-bond donors (Lipinski definition) is 1. The van der Waals surface area contributed by atoms with Crippen molar-refractivity contribution in [2.75, 3.05) is 25.2 Å². The minimum absolute atomic E-state index is 0.144. The number of halogens is 2. The molecule has 25 heavy (non-hydrogen) atoms. The van der Waals surface area contributed by atoms with E-state index in [2.05, 4.69) is 5.32 Å². The van der Waals surface area contributed by atoms with Crippen molar-refractivity contribution in [1.82, 2.24) is 4.90 Å². The first-order valence-electron chi connectivity index (χ1n) is 8.01. The van der Waals surface area contributed by atoms with E-state index in [0.29, 0.717) is 24.6 Å². The van der Waals surface area contributed by atoms with E-state index in [1.807, 2.05) is 18.2 Å². The Kier molecular flexibility index (Phi) is 3.91. The Morgan fingerprint density at radius 2 is 1.88 bits per heavy atom. The maximum atomic E-state index is 13.7. The predicted octanol–water partition coefficient (Wildman–Crippen LogP) is 3.71. The first-order chi connectivity index (χ1) is 12.1. The number of carbonyl (C=O) groups excluding carboxylic acids is 1. The van der Waals surface area contributed by atoms with Crippen LogP contribution in [-0.4, -0.2) is 30.8 Å². The fourth-order valence-corrected chi connectivity index (χ4v) is 3.19. The number of amides is 2. The Hall–Kier alpha value is -2.83. The summed E-state index contributed by atoms with van der Waals surface area (Å²) in [7, 11) is 0. The first kappa shape index (κ1) is 15.7. The third-order valence-electron chi connectivity index (χ3n) is 4.54. The third kappa shape index (κ3) is 2.97. The van der Waals surface area contributed by atoms with Crippen molar-refractivity contribution in [3.63, 3.8) is 0 Å². The molecule has 130 valence electrons. The van der Waals surface area contributed by atoms with E-state index in [-0.39, 0.29) is 12.7 Å². The van der Waals surface area contributed by atoms with Crippen molar-refractivity contribution in [2.24, 2.45) is 0 Å². The van der Waals surface area contributed by atoms with Crippen LogP contribution < -0.4 is 14.8 Å². The number of benzene rings is 2. The van der Waals surface area contributed by atoms with Crippen molar-refractivity contribution >= 4 is 11.7 Å². The monoisotopic (exact) mass is 346 g/mol. The van der Waals surface area contributed by atoms with Crippen LogP contribution in [0.2, 0.25) is 0 Å². The molecule has 0 bridgehead atoms. The van der Waals surface area contributed by atoms with E-state index in [0.717, 1.165) is 24.1 Å². The molecule has 0 saturated carbocycles. The van der Waals surface area contributed by atoms with Crippen LogP contribution in [-0.2, 0) is 0 Å². The van der Waals surface area contributed by atoms with Gasteiger partial charge in [-0.1, -0.05) is 12.1 Å². The van der Waals surface area contributed by atoms with Gasteiger partial charge in [0.1, 0.15) is 17.3 Å². The number of urea groups is 1. The number of anilines is 1. The smallest absolute Gasteiger partial charge is 0.322 e. The number of likely N-dealkylation sites (tertiary alicyclic amines) is 1. The van der Waals surface area contributed by atoms with Crippen LogP contribution in [0.15, 0.2) is 36.4 Å². The van der Waals surface area contributed by atoms with Gasteiger partial charge in [0.15, 0.2) is 11.5 Å². The van der Waals surface area contributed by atoms with Crippen molar-refractivity contribution in [2.45, 2.75) is 12.3 Å². The van der Waals surface area contributed by atoms with Gasteiger partial charge >= 0.3 is 6.03 Å². The second-order valence-electron chi connectivity index (χ2n) is 6.07. The van der Waals surface area contributed by atoms with Gasteiger partial charge in [-0.15, -0.1) is 0 Å². The van der Waals surface area contributed by atoms with Gasteiger partial charge in [0.2, 0.25) is 6.79 Å². The Morgan fingerprint density at radius 1 is 1.12 bits per heavy atom. The van der Waals surface area contributed by atoms with E-state index < -0.39 is 23.4 Å². The summed E-state index contributed by atoms with van der Waals surface area (Å²) in [6.45, 7) is 1.20. The highest BCUT2D eigenvalue weighted by Gasteiger charge is 2.29. The molecule has 2 amide bonds. The molecule has 1 atom stereocenters. The van der Waals surface area contributed by atoms with Crippen molar-refractivity contribution < 1.29 is 23.0 Å². The van der Waals surface area contributed by atoms with E-state index in [1.54, 1.807) is 4.90 Å². The number of fused-ring (bicyclic) bond motifs is 1. The molecule has 2 aromatic rings. The fraction of sp³-hybridized carbons (Fsp3) is 0.278. The minimum Gasteiger partial charge on any atom is -0.454 e. The van der Waals surface area contributed by atoms with Gasteiger partial charge in [-0.3, -0.25) is 0 Å². The zero-order valence-corrected chi connectivity index (χ0v) is 13.3. The highest BCUT2D eigenvalue weighted by molar-refractivity contribution is 5.89. The van der Waals surface area contributed by atoms with Crippen LogP contribution in [0.1, 0.15) is 17.9 Å².